The summed E-state index contributed by atoms with van der Waals surface area (Å²) >= 11 is 3.19. The maximum atomic E-state index is 14.5. The second-order valence-corrected chi connectivity index (χ2v) is 8.07. The van der Waals surface area contributed by atoms with Crippen molar-refractivity contribution >= 4 is 34.2 Å². The lowest BCUT2D eigenvalue weighted by Crippen LogP contribution is -2.60. The summed E-state index contributed by atoms with van der Waals surface area (Å²) in [6.07, 6.45) is -2.96. The van der Waals surface area contributed by atoms with Crippen LogP contribution in [-0.4, -0.2) is 43.7 Å². The molecule has 0 unspecified atom stereocenters. The molecule has 0 heterocycles. The Labute approximate surface area is 186 Å². The molecule has 0 fully saturated rings. The molecule has 1 aromatic carbocycles. The number of alkyl halides is 3. The summed E-state index contributed by atoms with van der Waals surface area (Å²) in [6, 6.07) is 4.11. The highest BCUT2D eigenvalue weighted by Gasteiger charge is 2.55. The van der Waals surface area contributed by atoms with E-state index in [1.54, 1.807) is 13.8 Å². The molecule has 7 nitrogen and oxygen atoms in total. The molecule has 0 saturated heterocycles. The van der Waals surface area contributed by atoms with Crippen LogP contribution in [0.25, 0.3) is 0 Å². The van der Waals surface area contributed by atoms with Gasteiger partial charge in [0.25, 0.3) is 6.47 Å². The number of amides is 2. The Hall–Kier alpha value is -2.40. The van der Waals surface area contributed by atoms with Crippen molar-refractivity contribution in [2.45, 2.75) is 38.0 Å². The molecule has 0 radical (unpaired) electrons. The van der Waals surface area contributed by atoms with Crippen molar-refractivity contribution < 1.29 is 32.3 Å². The molecule has 1 aromatic rings. The SMILES string of the molecule is CC(C)C[C@H](N[C@@](C=CCOC=O)(c1ccc(Br)cc1)C(F)(F)F)C(=O)NCC(N)=O. The van der Waals surface area contributed by atoms with Gasteiger partial charge in [-0.3, -0.25) is 19.7 Å². The maximum absolute atomic E-state index is 14.5. The number of carbonyl (C=O) groups is 3. The highest BCUT2D eigenvalue weighted by atomic mass is 79.9. The number of carbonyl (C=O) groups excluding carboxylic acids is 3. The Bertz CT molecular complexity index is 785. The first-order chi connectivity index (χ1) is 14.4. The number of hydrogen-bond donors (Lipinski definition) is 3. The van der Waals surface area contributed by atoms with Crippen molar-refractivity contribution in [3.05, 3.63) is 46.5 Å². The van der Waals surface area contributed by atoms with Crippen LogP contribution in [0, 0.1) is 5.92 Å². The molecule has 0 spiro atoms. The second kappa shape index (κ2) is 11.8. The number of nitrogens with one attached hydrogen (secondary N) is 2. The normalized spacial score (nSPS) is 14.8. The molecule has 2 atom stereocenters. The third-order valence-corrected chi connectivity index (χ3v) is 4.77. The van der Waals surface area contributed by atoms with Gasteiger partial charge in [0, 0.05) is 4.47 Å². The lowest BCUT2D eigenvalue weighted by molar-refractivity contribution is -0.188. The van der Waals surface area contributed by atoms with Gasteiger partial charge < -0.3 is 15.8 Å². The molecule has 0 bridgehead atoms. The van der Waals surface area contributed by atoms with Gasteiger partial charge in [-0.1, -0.05) is 48.0 Å². The number of halogens is 4. The number of nitrogens with two attached hydrogens (primary N) is 1. The molecule has 0 aliphatic heterocycles. The van der Waals surface area contributed by atoms with Crippen LogP contribution in [-0.2, 0) is 24.7 Å². The van der Waals surface area contributed by atoms with Gasteiger partial charge in [-0.2, -0.15) is 13.2 Å². The number of benzene rings is 1. The predicted octanol–water partition coefficient (Wildman–Crippen LogP) is 2.54. The molecule has 4 N–H and O–H groups in total. The first-order valence-corrected chi connectivity index (χ1v) is 10.1. The average molecular weight is 508 g/mol. The van der Waals surface area contributed by atoms with Crippen molar-refractivity contribution in [1.29, 1.82) is 0 Å². The van der Waals surface area contributed by atoms with Crippen LogP contribution < -0.4 is 16.4 Å². The molecule has 172 valence electrons. The van der Waals surface area contributed by atoms with E-state index < -0.39 is 36.1 Å². The number of hydrogen-bond acceptors (Lipinski definition) is 5. The lowest BCUT2D eigenvalue weighted by atomic mass is 9.86. The van der Waals surface area contributed by atoms with Crippen LogP contribution in [0.4, 0.5) is 13.2 Å². The number of rotatable bonds is 12. The van der Waals surface area contributed by atoms with Gasteiger partial charge in [-0.05, 0) is 36.1 Å². The van der Waals surface area contributed by atoms with E-state index >= 15 is 0 Å². The van der Waals surface area contributed by atoms with Crippen LogP contribution in [0.5, 0.6) is 0 Å². The van der Waals surface area contributed by atoms with Gasteiger partial charge in [-0.15, -0.1) is 0 Å². The summed E-state index contributed by atoms with van der Waals surface area (Å²) in [7, 11) is 0. The first-order valence-electron chi connectivity index (χ1n) is 9.32. The predicted molar refractivity (Wildman–Crippen MR) is 112 cm³/mol. The summed E-state index contributed by atoms with van der Waals surface area (Å²) < 4.78 is 48.6. The van der Waals surface area contributed by atoms with E-state index in [2.05, 4.69) is 31.3 Å². The van der Waals surface area contributed by atoms with Gasteiger partial charge in [0.1, 0.15) is 6.61 Å². The minimum absolute atomic E-state index is 0.0532. The van der Waals surface area contributed by atoms with Crippen molar-refractivity contribution in [3.8, 4) is 0 Å². The molecule has 0 saturated carbocycles. The summed E-state index contributed by atoms with van der Waals surface area (Å²) in [5.74, 6) is -1.76. The molecule has 0 aliphatic rings. The summed E-state index contributed by atoms with van der Waals surface area (Å²) in [5, 5.41) is 4.69. The van der Waals surface area contributed by atoms with Crippen molar-refractivity contribution in [1.82, 2.24) is 10.6 Å². The smallest absolute Gasteiger partial charge is 0.414 e. The van der Waals surface area contributed by atoms with Crippen molar-refractivity contribution in [2.75, 3.05) is 13.2 Å². The maximum Gasteiger partial charge on any atom is 0.414 e. The van der Waals surface area contributed by atoms with E-state index in [0.29, 0.717) is 4.47 Å². The minimum atomic E-state index is -4.88. The van der Waals surface area contributed by atoms with Crippen LogP contribution in [0.3, 0.4) is 0 Å². The third-order valence-electron chi connectivity index (χ3n) is 4.24. The Kier molecular flexibility index (Phi) is 10.2. The van der Waals surface area contributed by atoms with Crippen molar-refractivity contribution in [2.24, 2.45) is 11.7 Å². The molecular weight excluding hydrogens is 483 g/mol. The van der Waals surface area contributed by atoms with E-state index in [1.807, 2.05) is 0 Å². The quantitative estimate of drug-likeness (QED) is 0.228. The molecule has 1 rings (SSSR count). The first kappa shape index (κ1) is 26.6. The molecule has 0 aromatic heterocycles. The lowest BCUT2D eigenvalue weighted by Gasteiger charge is -2.38. The van der Waals surface area contributed by atoms with Crippen LogP contribution in [0.2, 0.25) is 0 Å². The standard InChI is InChI=1S/C20H25BrF3N3O4/c1-13(2)10-16(18(30)26-11-17(25)29)27-19(20(22,23)24,8-3-9-31-12-28)14-4-6-15(21)7-5-14/h3-8,12-13,16,27H,9-11H2,1-2H3,(H2,25,29)(H,26,30)/t16-,19-/m0/s1. The minimum Gasteiger partial charge on any atom is -0.464 e. The fourth-order valence-electron chi connectivity index (χ4n) is 2.88. The van der Waals surface area contributed by atoms with Gasteiger partial charge in [0.15, 0.2) is 5.54 Å². The topological polar surface area (TPSA) is 111 Å². The van der Waals surface area contributed by atoms with Crippen LogP contribution >= 0.6 is 15.9 Å². The van der Waals surface area contributed by atoms with Gasteiger partial charge >= 0.3 is 6.18 Å². The van der Waals surface area contributed by atoms with E-state index in [9.17, 15) is 27.6 Å². The fraction of sp³-hybridized carbons (Fsp3) is 0.450. The van der Waals surface area contributed by atoms with Crippen LogP contribution in [0.15, 0.2) is 40.9 Å². The molecule has 31 heavy (non-hydrogen) atoms. The zero-order chi connectivity index (χ0) is 23.7. The Morgan fingerprint density at radius 1 is 1.23 bits per heavy atom. The van der Waals surface area contributed by atoms with Gasteiger partial charge in [0.05, 0.1) is 12.6 Å². The monoisotopic (exact) mass is 507 g/mol. The fourth-order valence-corrected chi connectivity index (χ4v) is 3.14. The molecule has 2 amide bonds. The average Bonchev–Trinajstić information content (AvgIpc) is 2.67. The van der Waals surface area contributed by atoms with Gasteiger partial charge in [-0.25, -0.2) is 0 Å². The van der Waals surface area contributed by atoms with E-state index in [1.165, 1.54) is 24.3 Å². The molecule has 11 heteroatoms. The zero-order valence-corrected chi connectivity index (χ0v) is 18.6. The zero-order valence-electron chi connectivity index (χ0n) is 17.0. The molecule has 0 aliphatic carbocycles. The summed E-state index contributed by atoms with van der Waals surface area (Å²) in [4.78, 5) is 34.0. The van der Waals surface area contributed by atoms with E-state index in [0.717, 1.165) is 12.2 Å². The summed E-state index contributed by atoms with van der Waals surface area (Å²) in [5.41, 5.74) is 2.07. The third kappa shape index (κ3) is 7.98. The molecular formula is C20H25BrF3N3O4. The largest absolute Gasteiger partial charge is 0.464 e. The van der Waals surface area contributed by atoms with Crippen LogP contribution in [0.1, 0.15) is 25.8 Å². The van der Waals surface area contributed by atoms with E-state index in [4.69, 9.17) is 5.73 Å². The Morgan fingerprint density at radius 3 is 2.32 bits per heavy atom. The Balaban J connectivity index is 3.50. The highest BCUT2D eigenvalue weighted by Crippen LogP contribution is 2.41. The Morgan fingerprint density at radius 2 is 1.84 bits per heavy atom. The number of primary amides is 1. The second-order valence-electron chi connectivity index (χ2n) is 7.16. The van der Waals surface area contributed by atoms with Gasteiger partial charge in [0.2, 0.25) is 11.8 Å². The highest BCUT2D eigenvalue weighted by molar-refractivity contribution is 9.10. The summed E-state index contributed by atoms with van der Waals surface area (Å²) in [6.45, 7) is 2.72. The van der Waals surface area contributed by atoms with Crippen molar-refractivity contribution in [3.63, 3.8) is 0 Å². The van der Waals surface area contributed by atoms with E-state index in [-0.39, 0.29) is 31.0 Å². The number of ether oxygens (including phenoxy) is 1.